The number of hydrogen-bond acceptors (Lipinski definition) is 5. The molecule has 0 bridgehead atoms. The van der Waals surface area contributed by atoms with Crippen LogP contribution in [0.1, 0.15) is 32.8 Å². The van der Waals surface area contributed by atoms with Gasteiger partial charge < -0.3 is 10.2 Å². The summed E-state index contributed by atoms with van der Waals surface area (Å²) in [6.45, 7) is 12.7. The number of nitrogens with zero attached hydrogens (tertiary/aromatic N) is 4. The molecule has 20 heavy (non-hydrogen) atoms. The second-order valence-corrected chi connectivity index (χ2v) is 5.28. The fourth-order valence-corrected chi connectivity index (χ4v) is 2.83. The van der Waals surface area contributed by atoms with E-state index in [1.54, 1.807) is 0 Å². The molecule has 1 aromatic rings. The summed E-state index contributed by atoms with van der Waals surface area (Å²) in [5.41, 5.74) is 1.15. The SMILES string of the molecule is CCNCc1cnc(N2CCC(N(CC)CC)C2)nc1. The molecule has 1 N–H and O–H groups in total. The topological polar surface area (TPSA) is 44.3 Å². The third-order valence-corrected chi connectivity index (χ3v) is 4.05. The van der Waals surface area contributed by atoms with Crippen molar-refractivity contribution in [3.8, 4) is 0 Å². The molecular weight excluding hydrogens is 250 g/mol. The molecule has 1 saturated heterocycles. The first-order valence-corrected chi connectivity index (χ1v) is 7.79. The van der Waals surface area contributed by atoms with E-state index in [0.717, 1.165) is 50.8 Å². The van der Waals surface area contributed by atoms with E-state index in [2.05, 4.69) is 45.9 Å². The first-order chi connectivity index (χ1) is 9.78. The lowest BCUT2D eigenvalue weighted by atomic mass is 10.2. The van der Waals surface area contributed by atoms with Gasteiger partial charge in [-0.1, -0.05) is 20.8 Å². The third kappa shape index (κ3) is 3.67. The molecule has 1 atom stereocenters. The number of anilines is 1. The average Bonchev–Trinajstić information content (AvgIpc) is 2.97. The number of nitrogens with one attached hydrogen (secondary N) is 1. The van der Waals surface area contributed by atoms with Crippen molar-refractivity contribution in [1.29, 1.82) is 0 Å². The minimum atomic E-state index is 0.648. The Morgan fingerprint density at radius 2 is 1.95 bits per heavy atom. The molecule has 0 amide bonds. The molecule has 1 aromatic heterocycles. The molecular formula is C15H27N5. The molecule has 0 radical (unpaired) electrons. The molecule has 0 aromatic carbocycles. The summed E-state index contributed by atoms with van der Waals surface area (Å²) in [5.74, 6) is 0.875. The van der Waals surface area contributed by atoms with Crippen molar-refractivity contribution >= 4 is 5.95 Å². The Hall–Kier alpha value is -1.20. The lowest BCUT2D eigenvalue weighted by Crippen LogP contribution is -2.37. The fraction of sp³-hybridized carbons (Fsp3) is 0.733. The van der Waals surface area contributed by atoms with Crippen LogP contribution in [0.4, 0.5) is 5.95 Å². The number of hydrogen-bond donors (Lipinski definition) is 1. The van der Waals surface area contributed by atoms with Gasteiger partial charge in [-0.15, -0.1) is 0 Å². The standard InChI is InChI=1S/C15H27N5/c1-4-16-9-13-10-17-15(18-11-13)20-8-7-14(12-20)19(5-2)6-3/h10-11,14,16H,4-9,12H2,1-3H3. The van der Waals surface area contributed by atoms with E-state index in [1.807, 2.05) is 12.4 Å². The summed E-state index contributed by atoms with van der Waals surface area (Å²) in [5, 5.41) is 3.29. The minimum absolute atomic E-state index is 0.648. The van der Waals surface area contributed by atoms with Gasteiger partial charge in [0.2, 0.25) is 5.95 Å². The summed E-state index contributed by atoms with van der Waals surface area (Å²) in [7, 11) is 0. The maximum atomic E-state index is 4.52. The second-order valence-electron chi connectivity index (χ2n) is 5.28. The van der Waals surface area contributed by atoms with Gasteiger partial charge in [-0.25, -0.2) is 9.97 Å². The molecule has 0 spiro atoms. The van der Waals surface area contributed by atoms with Crippen molar-refractivity contribution in [2.75, 3.05) is 37.6 Å². The molecule has 2 rings (SSSR count). The van der Waals surface area contributed by atoms with Gasteiger partial charge in [0.05, 0.1) is 0 Å². The zero-order valence-electron chi connectivity index (χ0n) is 13.0. The Balaban J connectivity index is 1.92. The minimum Gasteiger partial charge on any atom is -0.339 e. The molecule has 5 nitrogen and oxygen atoms in total. The summed E-state index contributed by atoms with van der Waals surface area (Å²) in [4.78, 5) is 13.9. The number of aromatic nitrogens is 2. The molecule has 5 heteroatoms. The monoisotopic (exact) mass is 277 g/mol. The molecule has 1 unspecified atom stereocenters. The van der Waals surface area contributed by atoms with E-state index < -0.39 is 0 Å². The van der Waals surface area contributed by atoms with Crippen LogP contribution < -0.4 is 10.2 Å². The Bertz CT molecular complexity index is 388. The normalized spacial score (nSPS) is 19.0. The summed E-state index contributed by atoms with van der Waals surface area (Å²) in [6, 6.07) is 0.648. The highest BCUT2D eigenvalue weighted by Gasteiger charge is 2.27. The van der Waals surface area contributed by atoms with E-state index in [1.165, 1.54) is 6.42 Å². The van der Waals surface area contributed by atoms with E-state index in [4.69, 9.17) is 0 Å². The van der Waals surface area contributed by atoms with Crippen LogP contribution >= 0.6 is 0 Å². The predicted molar refractivity (Wildman–Crippen MR) is 83.0 cm³/mol. The van der Waals surface area contributed by atoms with Gasteiger partial charge in [-0.2, -0.15) is 0 Å². The van der Waals surface area contributed by atoms with Gasteiger partial charge in [-0.3, -0.25) is 4.90 Å². The van der Waals surface area contributed by atoms with Crippen molar-refractivity contribution < 1.29 is 0 Å². The highest BCUT2D eigenvalue weighted by atomic mass is 15.3. The van der Waals surface area contributed by atoms with Crippen molar-refractivity contribution in [3.63, 3.8) is 0 Å². The van der Waals surface area contributed by atoms with Crippen LogP contribution in [0.25, 0.3) is 0 Å². The highest BCUT2D eigenvalue weighted by Crippen LogP contribution is 2.19. The van der Waals surface area contributed by atoms with E-state index in [0.29, 0.717) is 6.04 Å². The van der Waals surface area contributed by atoms with Gasteiger partial charge in [0.1, 0.15) is 0 Å². The summed E-state index contributed by atoms with van der Waals surface area (Å²) in [6.07, 6.45) is 5.09. The zero-order valence-corrected chi connectivity index (χ0v) is 13.0. The van der Waals surface area contributed by atoms with E-state index in [-0.39, 0.29) is 0 Å². The Labute approximate surface area is 122 Å². The Kier molecular flexibility index (Phi) is 5.73. The van der Waals surface area contributed by atoms with Crippen molar-refractivity contribution in [2.45, 2.75) is 39.8 Å². The van der Waals surface area contributed by atoms with Crippen LogP contribution in [0.2, 0.25) is 0 Å². The molecule has 1 aliphatic rings. The molecule has 2 heterocycles. The largest absolute Gasteiger partial charge is 0.339 e. The second kappa shape index (κ2) is 7.55. The quantitative estimate of drug-likeness (QED) is 0.818. The highest BCUT2D eigenvalue weighted by molar-refractivity contribution is 5.32. The van der Waals surface area contributed by atoms with Crippen LogP contribution in [0.15, 0.2) is 12.4 Å². The van der Waals surface area contributed by atoms with E-state index >= 15 is 0 Å². The number of rotatable bonds is 7. The van der Waals surface area contributed by atoms with Crippen LogP contribution in [-0.2, 0) is 6.54 Å². The predicted octanol–water partition coefficient (Wildman–Crippen LogP) is 1.51. The van der Waals surface area contributed by atoms with Crippen LogP contribution in [0, 0.1) is 0 Å². The zero-order chi connectivity index (χ0) is 14.4. The van der Waals surface area contributed by atoms with Gasteiger partial charge in [0.15, 0.2) is 0 Å². The first-order valence-electron chi connectivity index (χ1n) is 7.79. The van der Waals surface area contributed by atoms with Gasteiger partial charge in [0, 0.05) is 43.6 Å². The fourth-order valence-electron chi connectivity index (χ4n) is 2.83. The van der Waals surface area contributed by atoms with Crippen LogP contribution in [0.3, 0.4) is 0 Å². The molecule has 1 aliphatic heterocycles. The number of likely N-dealkylation sites (N-methyl/N-ethyl adjacent to an activating group) is 1. The molecule has 112 valence electrons. The van der Waals surface area contributed by atoms with Crippen molar-refractivity contribution in [3.05, 3.63) is 18.0 Å². The van der Waals surface area contributed by atoms with Crippen molar-refractivity contribution in [2.24, 2.45) is 0 Å². The summed E-state index contributed by atoms with van der Waals surface area (Å²) >= 11 is 0. The Morgan fingerprint density at radius 3 is 2.55 bits per heavy atom. The lowest BCUT2D eigenvalue weighted by molar-refractivity contribution is 0.232. The van der Waals surface area contributed by atoms with Gasteiger partial charge in [-0.05, 0) is 26.1 Å². The lowest BCUT2D eigenvalue weighted by Gasteiger charge is -2.26. The van der Waals surface area contributed by atoms with E-state index in [9.17, 15) is 0 Å². The Morgan fingerprint density at radius 1 is 1.25 bits per heavy atom. The van der Waals surface area contributed by atoms with Crippen LogP contribution in [-0.4, -0.2) is 53.6 Å². The smallest absolute Gasteiger partial charge is 0.225 e. The molecule has 1 fully saturated rings. The summed E-state index contributed by atoms with van der Waals surface area (Å²) < 4.78 is 0. The first kappa shape index (κ1) is 15.2. The average molecular weight is 277 g/mol. The van der Waals surface area contributed by atoms with Gasteiger partial charge in [0.25, 0.3) is 0 Å². The molecule has 0 saturated carbocycles. The van der Waals surface area contributed by atoms with Crippen LogP contribution in [0.5, 0.6) is 0 Å². The maximum Gasteiger partial charge on any atom is 0.225 e. The molecule has 0 aliphatic carbocycles. The third-order valence-electron chi connectivity index (χ3n) is 4.05. The van der Waals surface area contributed by atoms with Crippen molar-refractivity contribution in [1.82, 2.24) is 20.2 Å². The van der Waals surface area contributed by atoms with Gasteiger partial charge >= 0.3 is 0 Å². The maximum absolute atomic E-state index is 4.52.